The normalized spacial score (nSPS) is 17.2. The predicted octanol–water partition coefficient (Wildman–Crippen LogP) is 1.98. The third-order valence-corrected chi connectivity index (χ3v) is 5.61. The van der Waals surface area contributed by atoms with Crippen molar-refractivity contribution < 1.29 is 4.79 Å². The first-order valence-electron chi connectivity index (χ1n) is 8.61. The van der Waals surface area contributed by atoms with Crippen LogP contribution in [-0.4, -0.2) is 54.1 Å². The highest BCUT2D eigenvalue weighted by molar-refractivity contribution is 7.99. The molecule has 0 aromatic carbocycles. The number of aromatic nitrogens is 5. The van der Waals surface area contributed by atoms with Gasteiger partial charge in [-0.1, -0.05) is 18.3 Å². The van der Waals surface area contributed by atoms with Gasteiger partial charge in [0.1, 0.15) is 10.5 Å². The number of fused-ring (bicyclic) bond motifs is 1. The molecule has 0 aliphatic carbocycles. The van der Waals surface area contributed by atoms with E-state index < -0.39 is 0 Å². The number of rotatable bonds is 4. The monoisotopic (exact) mass is 382 g/mol. The number of hydrogen-bond donors (Lipinski definition) is 2. The number of thioether (sulfide) groups is 1. The molecule has 138 valence electrons. The molecule has 8 nitrogen and oxygen atoms in total. The van der Waals surface area contributed by atoms with Crippen LogP contribution >= 0.6 is 11.8 Å². The second kappa shape index (κ2) is 7.36. The Labute approximate surface area is 159 Å². The lowest BCUT2D eigenvalue weighted by atomic mass is 10.1. The Kier molecular flexibility index (Phi) is 4.76. The Bertz CT molecular complexity index is 1060. The van der Waals surface area contributed by atoms with Crippen molar-refractivity contribution in [1.82, 2.24) is 29.8 Å². The Morgan fingerprint density at radius 2 is 2.26 bits per heavy atom. The first kappa shape index (κ1) is 17.5. The fourth-order valence-corrected chi connectivity index (χ4v) is 4.32. The van der Waals surface area contributed by atoms with E-state index in [-0.39, 0.29) is 16.7 Å². The van der Waals surface area contributed by atoms with Gasteiger partial charge in [0, 0.05) is 30.1 Å². The summed E-state index contributed by atoms with van der Waals surface area (Å²) in [6.07, 6.45) is 9.64. The average Bonchev–Trinajstić information content (AvgIpc) is 3.11. The molecule has 3 aromatic rings. The number of carbonyl (C=O) groups excluding carboxylic acids is 1. The van der Waals surface area contributed by atoms with Crippen LogP contribution in [0.4, 0.5) is 0 Å². The molecule has 4 rings (SSSR count). The highest BCUT2D eigenvalue weighted by Gasteiger charge is 2.24. The lowest BCUT2D eigenvalue weighted by Gasteiger charge is -2.31. The van der Waals surface area contributed by atoms with Crippen LogP contribution in [-0.2, 0) is 4.79 Å². The highest BCUT2D eigenvalue weighted by Crippen LogP contribution is 2.31. The van der Waals surface area contributed by atoms with Gasteiger partial charge in [-0.2, -0.15) is 0 Å². The SMILES string of the molecule is C=CC(=O)N1CCCC(Sc2cnc3[nH]cc(-c4cncc(=O)[nH]4)c3n2)C1. The summed E-state index contributed by atoms with van der Waals surface area (Å²) in [5.41, 5.74) is 2.39. The summed E-state index contributed by atoms with van der Waals surface area (Å²) in [4.78, 5) is 44.2. The van der Waals surface area contributed by atoms with Gasteiger partial charge in [0.05, 0.1) is 24.3 Å². The Morgan fingerprint density at radius 1 is 1.37 bits per heavy atom. The van der Waals surface area contributed by atoms with Crippen LogP contribution in [0.5, 0.6) is 0 Å². The van der Waals surface area contributed by atoms with Gasteiger partial charge in [-0.25, -0.2) is 9.97 Å². The van der Waals surface area contributed by atoms with Crippen LogP contribution in [0.1, 0.15) is 12.8 Å². The molecule has 2 N–H and O–H groups in total. The molecule has 1 amide bonds. The number of amides is 1. The van der Waals surface area contributed by atoms with E-state index in [0.29, 0.717) is 23.4 Å². The van der Waals surface area contributed by atoms with Gasteiger partial charge >= 0.3 is 0 Å². The second-order valence-electron chi connectivity index (χ2n) is 6.29. The number of nitrogens with one attached hydrogen (secondary N) is 2. The van der Waals surface area contributed by atoms with E-state index in [9.17, 15) is 9.59 Å². The molecule has 0 bridgehead atoms. The quantitative estimate of drug-likeness (QED) is 0.668. The molecule has 1 aliphatic heterocycles. The minimum absolute atomic E-state index is 0.0321. The molecule has 1 saturated heterocycles. The maximum Gasteiger partial charge on any atom is 0.266 e. The van der Waals surface area contributed by atoms with Gasteiger partial charge in [-0.3, -0.25) is 14.6 Å². The van der Waals surface area contributed by atoms with Gasteiger partial charge in [0.2, 0.25) is 5.91 Å². The van der Waals surface area contributed by atoms with Crippen molar-refractivity contribution in [3.8, 4) is 11.3 Å². The van der Waals surface area contributed by atoms with Crippen molar-refractivity contribution in [3.05, 3.63) is 47.8 Å². The third-order valence-electron chi connectivity index (χ3n) is 4.45. The number of aromatic amines is 2. The summed E-state index contributed by atoms with van der Waals surface area (Å²) in [5, 5.41) is 1.04. The highest BCUT2D eigenvalue weighted by atomic mass is 32.2. The molecule has 1 atom stereocenters. The van der Waals surface area contributed by atoms with Gasteiger partial charge in [-0.05, 0) is 18.9 Å². The van der Waals surface area contributed by atoms with Crippen LogP contribution in [0.15, 0.2) is 47.3 Å². The summed E-state index contributed by atoms with van der Waals surface area (Å²) in [6, 6.07) is 0. The minimum Gasteiger partial charge on any atom is -0.344 e. The first-order chi connectivity index (χ1) is 13.1. The lowest BCUT2D eigenvalue weighted by molar-refractivity contribution is -0.126. The van der Waals surface area contributed by atoms with Gasteiger partial charge < -0.3 is 14.9 Å². The summed E-state index contributed by atoms with van der Waals surface area (Å²) in [6.45, 7) is 5.00. The van der Waals surface area contributed by atoms with Crippen molar-refractivity contribution in [1.29, 1.82) is 0 Å². The number of H-pyrrole nitrogens is 2. The maximum atomic E-state index is 11.9. The zero-order valence-electron chi connectivity index (χ0n) is 14.5. The van der Waals surface area contributed by atoms with Gasteiger partial charge in [0.15, 0.2) is 5.65 Å². The number of nitrogens with zero attached hydrogens (tertiary/aromatic N) is 4. The standard InChI is InChI=1S/C18H18N6O2S/c1-2-16(26)24-5-3-4-11(10-24)27-15-9-21-18-17(23-15)12(6-20-18)13-7-19-8-14(25)22-13/h2,6-9,11H,1,3-5,10H2,(H,20,21)(H,22,25). The molecule has 4 heterocycles. The van der Waals surface area contributed by atoms with Gasteiger partial charge in [0.25, 0.3) is 5.56 Å². The van der Waals surface area contributed by atoms with Crippen molar-refractivity contribution in [2.24, 2.45) is 0 Å². The zero-order valence-corrected chi connectivity index (χ0v) is 15.3. The predicted molar refractivity (Wildman–Crippen MR) is 103 cm³/mol. The summed E-state index contributed by atoms with van der Waals surface area (Å²) in [5.74, 6) is -0.0321. The topological polar surface area (TPSA) is 108 Å². The van der Waals surface area contributed by atoms with Gasteiger partial charge in [-0.15, -0.1) is 0 Å². The second-order valence-corrected chi connectivity index (χ2v) is 7.61. The fraction of sp³-hybridized carbons (Fsp3) is 0.278. The number of hydrogen-bond acceptors (Lipinski definition) is 6. The molecule has 27 heavy (non-hydrogen) atoms. The van der Waals surface area contributed by atoms with Crippen LogP contribution in [0.25, 0.3) is 22.4 Å². The molecule has 3 aromatic heterocycles. The zero-order chi connectivity index (χ0) is 18.8. The summed E-state index contributed by atoms with van der Waals surface area (Å²) in [7, 11) is 0. The van der Waals surface area contributed by atoms with E-state index in [0.717, 1.165) is 30.0 Å². The molecule has 1 unspecified atom stereocenters. The van der Waals surface area contributed by atoms with Crippen molar-refractivity contribution >= 4 is 28.8 Å². The van der Waals surface area contributed by atoms with E-state index in [1.807, 2.05) is 4.90 Å². The maximum absolute atomic E-state index is 11.9. The molecule has 0 saturated carbocycles. The smallest absolute Gasteiger partial charge is 0.266 e. The molecule has 1 aliphatic rings. The first-order valence-corrected chi connectivity index (χ1v) is 9.49. The number of carbonyl (C=O) groups is 1. The van der Waals surface area contributed by atoms with Crippen LogP contribution in [0, 0.1) is 0 Å². The lowest BCUT2D eigenvalue weighted by Crippen LogP contribution is -2.40. The Morgan fingerprint density at radius 3 is 3.07 bits per heavy atom. The Balaban J connectivity index is 1.60. The number of likely N-dealkylation sites (tertiary alicyclic amines) is 1. The summed E-state index contributed by atoms with van der Waals surface area (Å²) >= 11 is 1.62. The molecular weight excluding hydrogens is 364 g/mol. The van der Waals surface area contributed by atoms with Crippen molar-refractivity contribution in [3.63, 3.8) is 0 Å². The molecule has 9 heteroatoms. The van der Waals surface area contributed by atoms with Crippen molar-refractivity contribution in [2.75, 3.05) is 13.1 Å². The van der Waals surface area contributed by atoms with E-state index in [4.69, 9.17) is 4.98 Å². The molecular formula is C18H18N6O2S. The Hall–Kier alpha value is -2.94. The van der Waals surface area contributed by atoms with Crippen LogP contribution in [0.3, 0.4) is 0 Å². The molecule has 1 fully saturated rings. The van der Waals surface area contributed by atoms with Crippen LogP contribution in [0.2, 0.25) is 0 Å². The average molecular weight is 382 g/mol. The third kappa shape index (κ3) is 3.63. The van der Waals surface area contributed by atoms with E-state index >= 15 is 0 Å². The minimum atomic E-state index is -0.269. The van der Waals surface area contributed by atoms with Crippen molar-refractivity contribution in [2.45, 2.75) is 23.1 Å². The molecule has 0 spiro atoms. The number of piperidine rings is 1. The fourth-order valence-electron chi connectivity index (χ4n) is 3.19. The summed E-state index contributed by atoms with van der Waals surface area (Å²) < 4.78 is 0. The van der Waals surface area contributed by atoms with Crippen LogP contribution < -0.4 is 5.56 Å². The van der Waals surface area contributed by atoms with E-state index in [1.54, 1.807) is 30.4 Å². The molecule has 0 radical (unpaired) electrons. The van der Waals surface area contributed by atoms with E-state index in [2.05, 4.69) is 26.5 Å². The van der Waals surface area contributed by atoms with E-state index in [1.165, 1.54) is 12.3 Å². The largest absolute Gasteiger partial charge is 0.344 e.